The van der Waals surface area contributed by atoms with Crippen molar-refractivity contribution in [1.82, 2.24) is 0 Å². The molecule has 7 aliphatic rings. The quantitative estimate of drug-likeness (QED) is 0.406. The molecule has 5 fully saturated rings. The third-order valence-electron chi connectivity index (χ3n) is 12.5. The van der Waals surface area contributed by atoms with Crippen molar-refractivity contribution >= 4 is 17.7 Å². The summed E-state index contributed by atoms with van der Waals surface area (Å²) in [7, 11) is 0. The average molecular weight is 543 g/mol. The number of esters is 2. The summed E-state index contributed by atoms with van der Waals surface area (Å²) in [5.41, 5.74) is -3.64. The molecular weight excluding hydrogens is 504 g/mol. The lowest BCUT2D eigenvalue weighted by molar-refractivity contribution is -0.262. The molecule has 4 aliphatic carbocycles. The summed E-state index contributed by atoms with van der Waals surface area (Å²) in [6.45, 7) is 10.9. The Hall–Kier alpha value is -2.07. The van der Waals surface area contributed by atoms with Gasteiger partial charge in [0.15, 0.2) is 11.9 Å². The first-order valence-electron chi connectivity index (χ1n) is 14.2. The van der Waals surface area contributed by atoms with Gasteiger partial charge in [-0.25, -0.2) is 4.79 Å². The van der Waals surface area contributed by atoms with Gasteiger partial charge in [-0.05, 0) is 64.0 Å². The van der Waals surface area contributed by atoms with Crippen LogP contribution in [0.3, 0.4) is 0 Å². The summed E-state index contributed by atoms with van der Waals surface area (Å²) in [6, 6.07) is 0. The second-order valence-corrected chi connectivity index (χ2v) is 13.6. The first kappa shape index (κ1) is 25.9. The van der Waals surface area contributed by atoms with Gasteiger partial charge in [-0.1, -0.05) is 19.4 Å². The number of ether oxygens (including phenoxy) is 4. The van der Waals surface area contributed by atoms with Crippen LogP contribution >= 0.6 is 0 Å². The molecule has 3 heterocycles. The highest BCUT2D eigenvalue weighted by Crippen LogP contribution is 2.79. The van der Waals surface area contributed by atoms with Gasteiger partial charge in [0, 0.05) is 30.3 Å². The zero-order chi connectivity index (χ0) is 28.1. The fraction of sp³-hybridized carbons (Fsp3) is 0.767. The molecular formula is C30H38O9. The SMILES string of the molecule is CC(=O)O[C@H]1[C@@H]2O[C@]2([C@H](C)[C@H]2CC(C)=C(C)C(=O)O2)[C@@]2(C)CC[C@@H]3[C@@H](C[C@H]4O[C@]45[C@@H](O)C=CC(=O)[C@]35C)[C@@]12O. The van der Waals surface area contributed by atoms with E-state index < -0.39 is 70.0 Å². The minimum Gasteiger partial charge on any atom is -0.458 e. The van der Waals surface area contributed by atoms with E-state index in [0.29, 0.717) is 31.3 Å². The number of hydrogen-bond acceptors (Lipinski definition) is 9. The summed E-state index contributed by atoms with van der Waals surface area (Å²) in [5.74, 6) is -1.94. The Morgan fingerprint density at radius 1 is 1.18 bits per heavy atom. The molecule has 9 heteroatoms. The van der Waals surface area contributed by atoms with Crippen LogP contribution in [0.25, 0.3) is 0 Å². The van der Waals surface area contributed by atoms with E-state index in [4.69, 9.17) is 18.9 Å². The topological polar surface area (TPSA) is 135 Å². The van der Waals surface area contributed by atoms with Crippen molar-refractivity contribution in [2.45, 2.75) is 115 Å². The van der Waals surface area contributed by atoms with Gasteiger partial charge in [0.2, 0.25) is 0 Å². The highest BCUT2D eigenvalue weighted by Gasteiger charge is 2.92. The lowest BCUT2D eigenvalue weighted by Crippen LogP contribution is -2.72. The van der Waals surface area contributed by atoms with Gasteiger partial charge >= 0.3 is 11.9 Å². The van der Waals surface area contributed by atoms with E-state index in [1.54, 1.807) is 6.92 Å². The van der Waals surface area contributed by atoms with Crippen LogP contribution in [0.1, 0.15) is 67.2 Å². The standard InChI is InChI=1S/C30H38O9/c1-13-11-19(37-25(34)14(13)2)15(3)29-24(39-29)23(36-16(4)31)28(35)18-12-22-30(38-22)21(33)8-7-20(32)27(30,6)17(18)9-10-26(28,29)5/h7-8,15,17-19,21-24,33,35H,9-12H2,1-6H3/t15-,17-,18-,19-,21+,22-,23+,24+,26+,27+,28-,29+,30-/m1/s1. The molecule has 0 bridgehead atoms. The Kier molecular flexibility index (Phi) is 4.91. The number of carbonyl (C=O) groups is 3. The third-order valence-corrected chi connectivity index (χ3v) is 12.5. The van der Waals surface area contributed by atoms with Crippen molar-refractivity contribution < 1.29 is 43.5 Å². The van der Waals surface area contributed by atoms with E-state index in [2.05, 4.69) is 0 Å². The molecule has 9 nitrogen and oxygen atoms in total. The molecule has 0 aromatic heterocycles. The predicted molar refractivity (Wildman–Crippen MR) is 135 cm³/mol. The Balaban J connectivity index is 1.32. The summed E-state index contributed by atoms with van der Waals surface area (Å²) < 4.78 is 24.5. The minimum atomic E-state index is -1.51. The van der Waals surface area contributed by atoms with E-state index in [1.165, 1.54) is 19.1 Å². The molecule has 39 heavy (non-hydrogen) atoms. The summed E-state index contributed by atoms with van der Waals surface area (Å²) in [5, 5.41) is 24.0. The predicted octanol–water partition coefficient (Wildman–Crippen LogP) is 2.17. The number of cyclic esters (lactones) is 1. The van der Waals surface area contributed by atoms with Crippen LogP contribution in [-0.2, 0) is 33.3 Å². The molecule has 2 saturated heterocycles. The number of ketones is 1. The molecule has 0 aromatic rings. The van der Waals surface area contributed by atoms with Crippen molar-refractivity contribution in [2.75, 3.05) is 0 Å². The Morgan fingerprint density at radius 2 is 1.90 bits per heavy atom. The molecule has 7 rings (SSSR count). The second-order valence-electron chi connectivity index (χ2n) is 13.6. The lowest BCUT2D eigenvalue weighted by Gasteiger charge is -2.62. The van der Waals surface area contributed by atoms with Crippen molar-refractivity contribution in [2.24, 2.45) is 28.6 Å². The minimum absolute atomic E-state index is 0.101. The van der Waals surface area contributed by atoms with Crippen LogP contribution in [-0.4, -0.2) is 75.3 Å². The fourth-order valence-corrected chi connectivity index (χ4v) is 10.3. The first-order chi connectivity index (χ1) is 18.2. The number of rotatable bonds is 3. The number of aliphatic hydroxyl groups is 2. The highest BCUT2D eigenvalue weighted by atomic mass is 16.7. The molecule has 13 atom stereocenters. The van der Waals surface area contributed by atoms with Gasteiger partial charge < -0.3 is 29.2 Å². The Morgan fingerprint density at radius 3 is 2.56 bits per heavy atom. The molecule has 0 unspecified atom stereocenters. The maximum Gasteiger partial charge on any atom is 0.333 e. The van der Waals surface area contributed by atoms with Crippen LogP contribution in [0, 0.1) is 28.6 Å². The zero-order valence-corrected chi connectivity index (χ0v) is 23.4. The number of epoxide rings is 2. The largest absolute Gasteiger partial charge is 0.458 e. The molecule has 3 saturated carbocycles. The Labute approximate surface area is 227 Å². The van der Waals surface area contributed by atoms with Crippen molar-refractivity contribution in [3.8, 4) is 0 Å². The van der Waals surface area contributed by atoms with Gasteiger partial charge in [0.05, 0.1) is 11.5 Å². The van der Waals surface area contributed by atoms with Crippen LogP contribution in [0.2, 0.25) is 0 Å². The van der Waals surface area contributed by atoms with E-state index >= 15 is 0 Å². The van der Waals surface area contributed by atoms with Gasteiger partial charge in [0.25, 0.3) is 0 Å². The number of hydrogen-bond donors (Lipinski definition) is 2. The average Bonchev–Trinajstić information content (AvgIpc) is 3.78. The van der Waals surface area contributed by atoms with E-state index in [1.807, 2.05) is 27.7 Å². The molecule has 0 radical (unpaired) electrons. The third kappa shape index (κ3) is 2.61. The van der Waals surface area contributed by atoms with Crippen molar-refractivity contribution in [1.29, 1.82) is 0 Å². The fourth-order valence-electron chi connectivity index (χ4n) is 10.3. The first-order valence-corrected chi connectivity index (χ1v) is 14.2. The van der Waals surface area contributed by atoms with Gasteiger partial charge in [-0.3, -0.25) is 9.59 Å². The molecule has 0 aromatic carbocycles. The zero-order valence-electron chi connectivity index (χ0n) is 23.4. The molecule has 0 amide bonds. The lowest BCUT2D eigenvalue weighted by atomic mass is 9.42. The molecule has 2 N–H and O–H groups in total. The normalized spacial score (nSPS) is 55.4. The number of aliphatic hydroxyl groups excluding tert-OH is 1. The van der Waals surface area contributed by atoms with Crippen LogP contribution < -0.4 is 0 Å². The molecule has 1 spiro atoms. The van der Waals surface area contributed by atoms with E-state index in [0.717, 1.165) is 5.57 Å². The van der Waals surface area contributed by atoms with Gasteiger partial charge in [-0.2, -0.15) is 0 Å². The number of fused-ring (bicyclic) bond motifs is 6. The molecule has 212 valence electrons. The van der Waals surface area contributed by atoms with Crippen LogP contribution in [0.15, 0.2) is 23.3 Å². The van der Waals surface area contributed by atoms with E-state index in [9.17, 15) is 24.6 Å². The smallest absolute Gasteiger partial charge is 0.333 e. The Bertz CT molecular complexity index is 1270. The van der Waals surface area contributed by atoms with E-state index in [-0.39, 0.29) is 23.6 Å². The maximum absolute atomic E-state index is 13.5. The summed E-state index contributed by atoms with van der Waals surface area (Å²) >= 11 is 0. The van der Waals surface area contributed by atoms with Crippen molar-refractivity contribution in [3.05, 3.63) is 23.3 Å². The van der Waals surface area contributed by atoms with Crippen molar-refractivity contribution in [3.63, 3.8) is 0 Å². The number of carbonyl (C=O) groups excluding carboxylic acids is 3. The highest BCUT2D eigenvalue weighted by molar-refractivity contribution is 5.98. The van der Waals surface area contributed by atoms with Crippen LogP contribution in [0.5, 0.6) is 0 Å². The monoisotopic (exact) mass is 542 g/mol. The second kappa shape index (κ2) is 7.41. The van der Waals surface area contributed by atoms with Gasteiger partial charge in [-0.15, -0.1) is 0 Å². The molecule has 3 aliphatic heterocycles. The van der Waals surface area contributed by atoms with Crippen LogP contribution in [0.4, 0.5) is 0 Å². The van der Waals surface area contributed by atoms with Gasteiger partial charge in [0.1, 0.15) is 35.1 Å². The number of allylic oxidation sites excluding steroid dienone is 1. The summed E-state index contributed by atoms with van der Waals surface area (Å²) in [4.78, 5) is 38.6. The summed E-state index contributed by atoms with van der Waals surface area (Å²) in [6.07, 6.45) is 1.88. The maximum atomic E-state index is 13.5.